The molecule has 0 bridgehead atoms. The van der Waals surface area contributed by atoms with Gasteiger partial charge in [-0.1, -0.05) is 12.8 Å². The maximum absolute atomic E-state index is 11.5. The molecule has 1 aromatic carbocycles. The number of nitrogen functional groups attached to an aromatic ring is 1. The van der Waals surface area contributed by atoms with Gasteiger partial charge in [0.15, 0.2) is 0 Å². The van der Waals surface area contributed by atoms with Crippen LogP contribution in [0.5, 0.6) is 0 Å². The number of anilines is 3. The topological polar surface area (TPSA) is 87.4 Å². The Balaban J connectivity index is 1.82. The van der Waals surface area contributed by atoms with Crippen molar-refractivity contribution in [2.45, 2.75) is 50.7 Å². The van der Waals surface area contributed by atoms with Gasteiger partial charge < -0.3 is 21.5 Å². The van der Waals surface area contributed by atoms with Crippen LogP contribution < -0.4 is 16.4 Å². The second-order valence-corrected chi connectivity index (χ2v) is 5.75. The van der Waals surface area contributed by atoms with Gasteiger partial charge in [-0.15, -0.1) is 0 Å². The third-order valence-corrected chi connectivity index (χ3v) is 4.24. The SMILES string of the molecule is Nc1cc2c(cc1NC1CCCCC1O)NC(=O)CC2. The summed E-state index contributed by atoms with van der Waals surface area (Å²) in [6.07, 6.45) is 4.90. The first-order valence-corrected chi connectivity index (χ1v) is 7.30. The summed E-state index contributed by atoms with van der Waals surface area (Å²) in [6, 6.07) is 3.86. The average Bonchev–Trinajstić information content (AvgIpc) is 2.42. The number of fused-ring (bicyclic) bond motifs is 1. The number of hydrogen-bond acceptors (Lipinski definition) is 4. The molecule has 1 saturated carbocycles. The summed E-state index contributed by atoms with van der Waals surface area (Å²) < 4.78 is 0. The number of benzene rings is 1. The lowest BCUT2D eigenvalue weighted by Gasteiger charge is -2.30. The standard InChI is InChI=1S/C15H21N3O2/c16-10-7-9-5-6-15(20)18-12(9)8-13(10)17-11-3-1-2-4-14(11)19/h7-8,11,14,17,19H,1-6,16H2,(H,18,20). The molecule has 0 saturated heterocycles. The first kappa shape index (κ1) is 13.2. The summed E-state index contributed by atoms with van der Waals surface area (Å²) in [5.41, 5.74) is 9.48. The molecule has 0 radical (unpaired) electrons. The lowest BCUT2D eigenvalue weighted by Crippen LogP contribution is -2.36. The van der Waals surface area contributed by atoms with Crippen molar-refractivity contribution in [2.24, 2.45) is 0 Å². The average molecular weight is 275 g/mol. The van der Waals surface area contributed by atoms with Crippen molar-refractivity contribution in [1.82, 2.24) is 0 Å². The number of amides is 1. The van der Waals surface area contributed by atoms with Crippen LogP contribution in [0.25, 0.3) is 0 Å². The van der Waals surface area contributed by atoms with Gasteiger partial charge in [0.25, 0.3) is 0 Å². The van der Waals surface area contributed by atoms with E-state index in [-0.39, 0.29) is 18.1 Å². The molecular weight excluding hydrogens is 254 g/mol. The number of nitrogens with two attached hydrogens (primary N) is 1. The third kappa shape index (κ3) is 2.58. The summed E-state index contributed by atoms with van der Waals surface area (Å²) in [5.74, 6) is 0.0472. The fraction of sp³-hybridized carbons (Fsp3) is 0.533. The van der Waals surface area contributed by atoms with Crippen LogP contribution in [0.4, 0.5) is 17.1 Å². The van der Waals surface area contributed by atoms with Gasteiger partial charge in [-0.25, -0.2) is 0 Å². The Kier molecular flexibility index (Phi) is 3.53. The van der Waals surface area contributed by atoms with Crippen LogP contribution in [0.15, 0.2) is 12.1 Å². The Morgan fingerprint density at radius 3 is 2.85 bits per heavy atom. The van der Waals surface area contributed by atoms with Crippen LogP contribution in [0, 0.1) is 0 Å². The van der Waals surface area contributed by atoms with E-state index in [0.29, 0.717) is 12.1 Å². The molecule has 1 heterocycles. The molecule has 2 aliphatic rings. The molecule has 0 spiro atoms. The largest absolute Gasteiger partial charge is 0.397 e. The number of carbonyl (C=O) groups excluding carboxylic acids is 1. The zero-order valence-electron chi connectivity index (χ0n) is 11.5. The predicted octanol–water partition coefficient (Wildman–Crippen LogP) is 1.87. The molecule has 5 N–H and O–H groups in total. The highest BCUT2D eigenvalue weighted by molar-refractivity contribution is 5.95. The minimum Gasteiger partial charge on any atom is -0.397 e. The highest BCUT2D eigenvalue weighted by Crippen LogP contribution is 2.33. The number of carbonyl (C=O) groups is 1. The van der Waals surface area contributed by atoms with Crippen LogP contribution in [0.2, 0.25) is 0 Å². The van der Waals surface area contributed by atoms with E-state index in [2.05, 4.69) is 10.6 Å². The van der Waals surface area contributed by atoms with E-state index in [1.165, 1.54) is 0 Å². The minimum atomic E-state index is -0.325. The molecule has 2 atom stereocenters. The van der Waals surface area contributed by atoms with Crippen molar-refractivity contribution in [3.05, 3.63) is 17.7 Å². The number of aliphatic hydroxyl groups excluding tert-OH is 1. The van der Waals surface area contributed by atoms with E-state index in [1.807, 2.05) is 12.1 Å². The molecule has 1 fully saturated rings. The molecule has 5 heteroatoms. The summed E-state index contributed by atoms with van der Waals surface area (Å²) in [5, 5.41) is 16.2. The van der Waals surface area contributed by atoms with Crippen molar-refractivity contribution in [1.29, 1.82) is 0 Å². The molecule has 20 heavy (non-hydrogen) atoms. The molecule has 1 aromatic rings. The van der Waals surface area contributed by atoms with Gasteiger partial charge in [0.1, 0.15) is 0 Å². The fourth-order valence-electron chi connectivity index (χ4n) is 3.05. The van der Waals surface area contributed by atoms with E-state index < -0.39 is 0 Å². The van der Waals surface area contributed by atoms with E-state index in [0.717, 1.165) is 49.0 Å². The lowest BCUT2D eigenvalue weighted by molar-refractivity contribution is -0.116. The van der Waals surface area contributed by atoms with Gasteiger partial charge in [0.2, 0.25) is 5.91 Å². The molecule has 2 unspecified atom stereocenters. The molecule has 108 valence electrons. The van der Waals surface area contributed by atoms with E-state index in [4.69, 9.17) is 5.73 Å². The zero-order valence-corrected chi connectivity index (χ0v) is 11.5. The summed E-state index contributed by atoms with van der Waals surface area (Å²) in [4.78, 5) is 11.5. The molecule has 1 aliphatic heterocycles. The fourth-order valence-corrected chi connectivity index (χ4v) is 3.05. The lowest BCUT2D eigenvalue weighted by atomic mass is 9.92. The van der Waals surface area contributed by atoms with Crippen molar-refractivity contribution >= 4 is 23.0 Å². The number of nitrogens with one attached hydrogen (secondary N) is 2. The van der Waals surface area contributed by atoms with E-state index >= 15 is 0 Å². The van der Waals surface area contributed by atoms with Crippen molar-refractivity contribution in [2.75, 3.05) is 16.4 Å². The van der Waals surface area contributed by atoms with Gasteiger partial charge >= 0.3 is 0 Å². The predicted molar refractivity (Wildman–Crippen MR) is 79.7 cm³/mol. The van der Waals surface area contributed by atoms with Crippen molar-refractivity contribution in [3.8, 4) is 0 Å². The van der Waals surface area contributed by atoms with Gasteiger partial charge in [-0.2, -0.15) is 0 Å². The molecule has 1 amide bonds. The van der Waals surface area contributed by atoms with Gasteiger partial charge in [0, 0.05) is 12.1 Å². The van der Waals surface area contributed by atoms with Crippen LogP contribution in [0.3, 0.4) is 0 Å². The monoisotopic (exact) mass is 275 g/mol. The van der Waals surface area contributed by atoms with Gasteiger partial charge in [-0.3, -0.25) is 4.79 Å². The van der Waals surface area contributed by atoms with Crippen LogP contribution in [-0.4, -0.2) is 23.2 Å². The molecular formula is C15H21N3O2. The quantitative estimate of drug-likeness (QED) is 0.621. The number of hydrogen-bond donors (Lipinski definition) is 4. The number of aliphatic hydroxyl groups is 1. The van der Waals surface area contributed by atoms with Crippen molar-refractivity contribution < 1.29 is 9.90 Å². The molecule has 1 aliphatic carbocycles. The summed E-state index contributed by atoms with van der Waals surface area (Å²) in [7, 11) is 0. The highest BCUT2D eigenvalue weighted by Gasteiger charge is 2.24. The number of aryl methyl sites for hydroxylation is 1. The van der Waals surface area contributed by atoms with Crippen molar-refractivity contribution in [3.63, 3.8) is 0 Å². The van der Waals surface area contributed by atoms with Gasteiger partial charge in [0.05, 0.1) is 23.5 Å². The maximum Gasteiger partial charge on any atom is 0.224 e. The second-order valence-electron chi connectivity index (χ2n) is 5.75. The number of rotatable bonds is 2. The van der Waals surface area contributed by atoms with E-state index in [9.17, 15) is 9.90 Å². The minimum absolute atomic E-state index is 0.0448. The Hall–Kier alpha value is -1.75. The first-order chi connectivity index (χ1) is 9.63. The first-order valence-electron chi connectivity index (χ1n) is 7.30. The van der Waals surface area contributed by atoms with Crippen LogP contribution >= 0.6 is 0 Å². The normalized spacial score (nSPS) is 25.8. The zero-order chi connectivity index (χ0) is 14.1. The maximum atomic E-state index is 11.5. The Morgan fingerprint density at radius 2 is 2.05 bits per heavy atom. The molecule has 3 rings (SSSR count). The summed E-state index contributed by atoms with van der Waals surface area (Å²) in [6.45, 7) is 0. The smallest absolute Gasteiger partial charge is 0.224 e. The van der Waals surface area contributed by atoms with Crippen LogP contribution in [-0.2, 0) is 11.2 Å². The Labute approximate surface area is 118 Å². The third-order valence-electron chi connectivity index (χ3n) is 4.24. The van der Waals surface area contributed by atoms with Crippen LogP contribution in [0.1, 0.15) is 37.7 Å². The molecule has 0 aromatic heterocycles. The van der Waals surface area contributed by atoms with Gasteiger partial charge in [-0.05, 0) is 37.0 Å². The summed E-state index contributed by atoms with van der Waals surface area (Å²) >= 11 is 0. The Morgan fingerprint density at radius 1 is 1.25 bits per heavy atom. The molecule has 5 nitrogen and oxygen atoms in total. The second kappa shape index (κ2) is 5.32. The highest BCUT2D eigenvalue weighted by atomic mass is 16.3. The Bertz CT molecular complexity index is 530. The van der Waals surface area contributed by atoms with E-state index in [1.54, 1.807) is 0 Å².